The van der Waals surface area contributed by atoms with Crippen molar-refractivity contribution in [2.75, 3.05) is 26.7 Å². The number of rotatable bonds is 5. The monoisotopic (exact) mass is 276 g/mol. The Morgan fingerprint density at radius 3 is 2.84 bits per heavy atom. The van der Waals surface area contributed by atoms with Crippen molar-refractivity contribution in [2.24, 2.45) is 4.99 Å². The predicted octanol–water partition coefficient (Wildman–Crippen LogP) is 2.92. The molecule has 19 heavy (non-hydrogen) atoms. The summed E-state index contributed by atoms with van der Waals surface area (Å²) in [6, 6.07) is 11.5. The van der Waals surface area contributed by atoms with Crippen LogP contribution >= 0.6 is 0 Å². The maximum Gasteiger partial charge on any atom is 0.267 e. The fourth-order valence-corrected chi connectivity index (χ4v) is 5.51. The Bertz CT molecular complexity index is 410. The van der Waals surface area contributed by atoms with Crippen LogP contribution in [0.25, 0.3) is 0 Å². The van der Waals surface area contributed by atoms with Crippen molar-refractivity contribution in [3.63, 3.8) is 0 Å². The molecule has 1 heterocycles. The average molecular weight is 276 g/mol. The molecule has 0 N–H and O–H groups in total. The second-order valence-corrected chi connectivity index (χ2v) is 9.16. The molecule has 1 aliphatic rings. The van der Waals surface area contributed by atoms with E-state index in [0.717, 1.165) is 13.1 Å². The van der Waals surface area contributed by atoms with Crippen LogP contribution in [0.4, 0.5) is 0 Å². The van der Waals surface area contributed by atoms with Gasteiger partial charge in [-0.05, 0) is 31.1 Å². The van der Waals surface area contributed by atoms with Crippen LogP contribution in [0.1, 0.15) is 18.4 Å². The summed E-state index contributed by atoms with van der Waals surface area (Å²) < 4.78 is 8.37. The summed E-state index contributed by atoms with van der Waals surface area (Å²) in [6.45, 7) is 5.39. The van der Waals surface area contributed by atoms with Gasteiger partial charge in [0.2, 0.25) is 0 Å². The lowest BCUT2D eigenvalue weighted by Gasteiger charge is -2.41. The Morgan fingerprint density at radius 2 is 2.11 bits per heavy atom. The molecule has 1 fully saturated rings. The summed E-state index contributed by atoms with van der Waals surface area (Å²) >= 11 is 0. The van der Waals surface area contributed by atoms with Gasteiger partial charge in [-0.25, -0.2) is 0 Å². The van der Waals surface area contributed by atoms with Crippen LogP contribution in [0.3, 0.4) is 0 Å². The largest absolute Gasteiger partial charge is 0.406 e. The van der Waals surface area contributed by atoms with Crippen LogP contribution in [0.15, 0.2) is 35.3 Å². The molecule has 1 aromatic rings. The van der Waals surface area contributed by atoms with Gasteiger partial charge in [-0.1, -0.05) is 36.8 Å². The summed E-state index contributed by atoms with van der Waals surface area (Å²) in [6.07, 6.45) is 4.59. The van der Waals surface area contributed by atoms with Gasteiger partial charge in [0.25, 0.3) is 8.48 Å². The van der Waals surface area contributed by atoms with Crippen LogP contribution < -0.4 is 0 Å². The van der Waals surface area contributed by atoms with Crippen molar-refractivity contribution in [3.05, 3.63) is 35.9 Å². The first kappa shape index (κ1) is 14.4. The van der Waals surface area contributed by atoms with Gasteiger partial charge in [0, 0.05) is 19.9 Å². The molecule has 104 valence electrons. The minimum absolute atomic E-state index is 0.862. The van der Waals surface area contributed by atoms with E-state index in [9.17, 15) is 0 Å². The van der Waals surface area contributed by atoms with Crippen molar-refractivity contribution in [2.45, 2.75) is 25.4 Å². The minimum Gasteiger partial charge on any atom is -0.406 e. The summed E-state index contributed by atoms with van der Waals surface area (Å²) in [5.74, 6) is 0. The molecule has 1 saturated heterocycles. The van der Waals surface area contributed by atoms with Gasteiger partial charge >= 0.3 is 0 Å². The van der Waals surface area contributed by atoms with Crippen molar-refractivity contribution < 1.29 is 4.43 Å². The zero-order chi connectivity index (χ0) is 13.6. The molecular weight excluding hydrogens is 252 g/mol. The van der Waals surface area contributed by atoms with E-state index in [1.165, 1.54) is 31.0 Å². The highest BCUT2D eigenvalue weighted by molar-refractivity contribution is 6.69. The van der Waals surface area contributed by atoms with E-state index in [-0.39, 0.29) is 0 Å². The maximum atomic E-state index is 5.82. The molecule has 2 rings (SSSR count). The number of benzene rings is 1. The smallest absolute Gasteiger partial charge is 0.267 e. The third kappa shape index (κ3) is 3.99. The number of hydrogen-bond donors (Lipinski definition) is 0. The van der Waals surface area contributed by atoms with E-state index in [0.29, 0.717) is 0 Å². The first-order valence-electron chi connectivity index (χ1n) is 7.10. The number of nitrogens with zero attached hydrogens (tertiary/aromatic N) is 2. The number of hydrogen-bond acceptors (Lipinski definition) is 3. The molecule has 0 saturated carbocycles. The van der Waals surface area contributed by atoms with E-state index >= 15 is 0 Å². The van der Waals surface area contributed by atoms with Crippen molar-refractivity contribution >= 4 is 14.7 Å². The van der Waals surface area contributed by atoms with Crippen molar-refractivity contribution in [1.82, 2.24) is 4.57 Å². The Hall–Kier alpha value is -0.973. The lowest BCUT2D eigenvalue weighted by atomic mass is 10.2. The highest BCUT2D eigenvalue weighted by Gasteiger charge is 2.37. The summed E-state index contributed by atoms with van der Waals surface area (Å²) in [5.41, 5.74) is 1.17. The molecule has 0 amide bonds. The molecule has 0 aliphatic carbocycles. The SMILES string of the molecule is CO[Si]1(C)CCCCN1CCN=Cc1ccccc1. The molecule has 3 nitrogen and oxygen atoms in total. The summed E-state index contributed by atoms with van der Waals surface area (Å²) in [7, 11) is 0.263. The van der Waals surface area contributed by atoms with Gasteiger partial charge in [-0.3, -0.25) is 4.99 Å². The molecule has 1 unspecified atom stereocenters. The Balaban J connectivity index is 1.83. The molecule has 0 radical (unpaired) electrons. The van der Waals surface area contributed by atoms with E-state index in [4.69, 9.17) is 4.43 Å². The zero-order valence-electron chi connectivity index (χ0n) is 12.0. The van der Waals surface area contributed by atoms with Crippen LogP contribution in [0.5, 0.6) is 0 Å². The molecular formula is C15H24N2OSi. The maximum absolute atomic E-state index is 5.82. The van der Waals surface area contributed by atoms with Crippen molar-refractivity contribution in [1.29, 1.82) is 0 Å². The molecule has 4 heteroatoms. The van der Waals surface area contributed by atoms with Gasteiger partial charge in [0.15, 0.2) is 0 Å². The van der Waals surface area contributed by atoms with Crippen LogP contribution in [-0.4, -0.2) is 46.0 Å². The molecule has 1 aliphatic heterocycles. The summed E-state index contributed by atoms with van der Waals surface area (Å²) in [5, 5.41) is 0. The minimum atomic E-state index is -1.61. The van der Waals surface area contributed by atoms with E-state index in [2.05, 4.69) is 28.2 Å². The van der Waals surface area contributed by atoms with Gasteiger partial charge < -0.3 is 8.99 Å². The lowest BCUT2D eigenvalue weighted by molar-refractivity contribution is 0.268. The lowest BCUT2D eigenvalue weighted by Crippen LogP contribution is -2.56. The second kappa shape index (κ2) is 6.98. The fourth-order valence-electron chi connectivity index (χ4n) is 2.62. The zero-order valence-corrected chi connectivity index (χ0v) is 13.0. The van der Waals surface area contributed by atoms with Gasteiger partial charge in [-0.2, -0.15) is 0 Å². The van der Waals surface area contributed by atoms with Gasteiger partial charge in [0.1, 0.15) is 0 Å². The number of aliphatic imine (C=N–C) groups is 1. The molecule has 0 aromatic heterocycles. The standard InChI is InChI=1S/C15H24N2OSi/c1-18-19(2)13-7-6-11-17(19)12-10-16-14-15-8-4-3-5-9-15/h3-5,8-9,14H,6-7,10-13H2,1-2H3. The first-order chi connectivity index (χ1) is 9.24. The Kier molecular flexibility index (Phi) is 5.31. The van der Waals surface area contributed by atoms with Gasteiger partial charge in [0.05, 0.1) is 6.54 Å². The topological polar surface area (TPSA) is 24.8 Å². The van der Waals surface area contributed by atoms with Crippen LogP contribution in [-0.2, 0) is 4.43 Å². The Morgan fingerprint density at radius 1 is 1.32 bits per heavy atom. The van der Waals surface area contributed by atoms with E-state index < -0.39 is 8.48 Å². The Labute approximate surface area is 117 Å². The first-order valence-corrected chi connectivity index (χ1v) is 9.66. The predicted molar refractivity (Wildman–Crippen MR) is 83.1 cm³/mol. The highest BCUT2D eigenvalue weighted by Crippen LogP contribution is 2.24. The summed E-state index contributed by atoms with van der Waals surface area (Å²) in [4.78, 5) is 4.54. The molecule has 1 aromatic carbocycles. The third-order valence-corrected chi connectivity index (χ3v) is 7.91. The van der Waals surface area contributed by atoms with Crippen LogP contribution in [0.2, 0.25) is 12.6 Å². The van der Waals surface area contributed by atoms with Crippen molar-refractivity contribution in [3.8, 4) is 0 Å². The average Bonchev–Trinajstić information content (AvgIpc) is 2.46. The van der Waals surface area contributed by atoms with E-state index in [1.807, 2.05) is 31.5 Å². The third-order valence-electron chi connectivity index (χ3n) is 3.97. The molecule has 1 atom stereocenters. The molecule has 0 bridgehead atoms. The van der Waals surface area contributed by atoms with E-state index in [1.54, 1.807) is 0 Å². The fraction of sp³-hybridized carbons (Fsp3) is 0.533. The van der Waals surface area contributed by atoms with Crippen LogP contribution in [0, 0.1) is 0 Å². The normalized spacial score (nSPS) is 24.9. The molecule has 0 spiro atoms. The van der Waals surface area contributed by atoms with Gasteiger partial charge in [-0.15, -0.1) is 0 Å². The quantitative estimate of drug-likeness (QED) is 0.610. The second-order valence-electron chi connectivity index (χ2n) is 5.27. The highest BCUT2D eigenvalue weighted by atomic mass is 28.4.